The summed E-state index contributed by atoms with van der Waals surface area (Å²) in [6, 6.07) is 6.43. The number of fused-ring (bicyclic) bond motifs is 1. The number of aromatic nitrogens is 2. The van der Waals surface area contributed by atoms with Gasteiger partial charge in [0.2, 0.25) is 0 Å². The molecule has 4 N–H and O–H groups in total. The van der Waals surface area contributed by atoms with Crippen LogP contribution in [0.1, 0.15) is 39.5 Å². The second-order valence-corrected chi connectivity index (χ2v) is 8.01. The van der Waals surface area contributed by atoms with Crippen LogP contribution < -0.4 is 67.6 Å². The van der Waals surface area contributed by atoms with E-state index < -0.39 is 0 Å². The number of benzene rings is 1. The van der Waals surface area contributed by atoms with E-state index in [0.29, 0.717) is 13.1 Å². The quantitative estimate of drug-likeness (QED) is 0.149. The maximum absolute atomic E-state index is 5.67. The molecule has 0 unspecified atom stereocenters. The number of hydrogen-bond acceptors (Lipinski definition) is 6. The Kier molecular flexibility index (Phi) is 16.4. The topological polar surface area (TPSA) is 92.0 Å². The molecule has 1 aromatic heterocycles. The van der Waals surface area contributed by atoms with Gasteiger partial charge in [0.25, 0.3) is 0 Å². The minimum atomic E-state index is 0. The summed E-state index contributed by atoms with van der Waals surface area (Å²) in [7, 11) is 0. The highest BCUT2D eigenvalue weighted by Gasteiger charge is 2.22. The van der Waals surface area contributed by atoms with E-state index >= 15 is 0 Å². The molecule has 0 aliphatic carbocycles. The van der Waals surface area contributed by atoms with Gasteiger partial charge in [-0.25, -0.2) is 9.13 Å². The van der Waals surface area contributed by atoms with Gasteiger partial charge in [0.1, 0.15) is 5.69 Å². The molecule has 0 saturated heterocycles. The third kappa shape index (κ3) is 8.37. The summed E-state index contributed by atoms with van der Waals surface area (Å²) in [5.41, 5.74) is 14.8. The van der Waals surface area contributed by atoms with Gasteiger partial charge in [-0.3, -0.25) is 0 Å². The predicted molar refractivity (Wildman–Crippen MR) is 128 cm³/mol. The Hall–Kier alpha value is -1.39. The fourth-order valence-electron chi connectivity index (χ4n) is 4.11. The van der Waals surface area contributed by atoms with Gasteiger partial charge in [-0.1, -0.05) is 5.11 Å². The van der Waals surface area contributed by atoms with Crippen LogP contribution in [0.5, 0.6) is 0 Å². The number of anilines is 2. The van der Waals surface area contributed by atoms with Crippen molar-refractivity contribution in [1.29, 1.82) is 0 Å². The molecule has 1 aliphatic heterocycles. The molecule has 2 aromatic rings. The Bertz CT molecular complexity index is 834. The van der Waals surface area contributed by atoms with Gasteiger partial charge in [0.15, 0.2) is 0 Å². The van der Waals surface area contributed by atoms with Crippen molar-refractivity contribution in [1.82, 2.24) is 4.57 Å². The Morgan fingerprint density at radius 2 is 1.53 bits per heavy atom. The van der Waals surface area contributed by atoms with E-state index in [1.807, 2.05) is 0 Å². The summed E-state index contributed by atoms with van der Waals surface area (Å²) in [4.78, 5) is 4.85. The third-order valence-electron chi connectivity index (χ3n) is 5.95. The maximum Gasteiger partial charge on any atom is 0.421 e. The molecule has 1 aliphatic rings. The minimum absolute atomic E-state index is 0. The fraction of sp³-hybridized carbons (Fsp3) is 0.609. The molecule has 34 heavy (non-hydrogen) atoms. The number of rotatable bonds is 12. The van der Waals surface area contributed by atoms with E-state index in [-0.39, 0.29) is 41.8 Å². The van der Waals surface area contributed by atoms with Crippen LogP contribution in [0.4, 0.5) is 23.0 Å². The predicted octanol–water partition coefficient (Wildman–Crippen LogP) is -5.65. The Labute approximate surface area is 227 Å². The van der Waals surface area contributed by atoms with Crippen molar-refractivity contribution in [2.24, 2.45) is 21.7 Å². The number of hydrogen-bond donors (Lipinski definition) is 2. The normalized spacial score (nSPS) is 12.7. The number of nitrogens with zero attached hydrogens (tertiary/aromatic N) is 6. The Morgan fingerprint density at radius 3 is 2.18 bits per heavy atom. The summed E-state index contributed by atoms with van der Waals surface area (Å²) in [5.74, 6) is 0.884. The second kappa shape index (κ2) is 17.1. The first-order chi connectivity index (χ1) is 15.2. The van der Waals surface area contributed by atoms with Crippen LogP contribution in [0.15, 0.2) is 40.8 Å². The Balaban J connectivity index is 0.00000363. The molecule has 0 atom stereocenters. The highest BCUT2D eigenvalue weighted by atomic mass is 79.9. The molecule has 2 heterocycles. The lowest BCUT2D eigenvalue weighted by Crippen LogP contribution is -3.00. The standard InChI is InChI=1S/C23H39N8.BrH.2ClH/c1-3-28-15-16-29(4-2)22-19-20(9-10-21(22)28)26-27-23-30(13-7-5-11-24)17-18-31(23)14-8-6-12-25;;;/h9-10,17-19H,3-8,11-16,24-25H2,1-2H3;3*1H/q+1;;;/p-3. The molecule has 8 nitrogen and oxygen atoms in total. The van der Waals surface area contributed by atoms with Crippen LogP contribution in [0.3, 0.4) is 0 Å². The number of aryl methyl sites for hydroxylation is 2. The molecular weight excluding hydrogens is 539 g/mol. The van der Waals surface area contributed by atoms with E-state index in [9.17, 15) is 0 Å². The van der Waals surface area contributed by atoms with E-state index in [1.165, 1.54) is 11.4 Å². The summed E-state index contributed by atoms with van der Waals surface area (Å²) in [6.07, 6.45) is 8.28. The summed E-state index contributed by atoms with van der Waals surface area (Å²) >= 11 is 0. The zero-order valence-electron chi connectivity index (χ0n) is 20.3. The van der Waals surface area contributed by atoms with E-state index in [2.05, 4.69) is 73.6 Å². The SMILES string of the molecule is CCN1CCN(CC)c2cc(N=Nc3n(CCCCN)cc[n+]3CCCCN)ccc21.[Br-].[Cl-].[Cl-]. The number of unbranched alkanes of at least 4 members (excludes halogenated alkanes) is 2. The van der Waals surface area contributed by atoms with Crippen LogP contribution in [0.25, 0.3) is 0 Å². The molecule has 3 rings (SSSR count). The van der Waals surface area contributed by atoms with Gasteiger partial charge >= 0.3 is 5.95 Å². The summed E-state index contributed by atoms with van der Waals surface area (Å²) in [6.45, 7) is 11.8. The van der Waals surface area contributed by atoms with Crippen LogP contribution in [0, 0.1) is 0 Å². The number of imidazole rings is 1. The van der Waals surface area contributed by atoms with Gasteiger partial charge in [0.05, 0.1) is 36.9 Å². The average Bonchev–Trinajstić information content (AvgIpc) is 3.18. The van der Waals surface area contributed by atoms with Crippen molar-refractivity contribution in [3.05, 3.63) is 30.6 Å². The van der Waals surface area contributed by atoms with Crippen molar-refractivity contribution < 1.29 is 46.4 Å². The first-order valence-corrected chi connectivity index (χ1v) is 11.8. The van der Waals surface area contributed by atoms with Crippen molar-refractivity contribution in [3.8, 4) is 0 Å². The van der Waals surface area contributed by atoms with Crippen LogP contribution in [-0.4, -0.2) is 43.8 Å². The van der Waals surface area contributed by atoms with Crippen molar-refractivity contribution in [2.45, 2.75) is 52.6 Å². The number of nitrogens with two attached hydrogens (primary N) is 2. The van der Waals surface area contributed by atoms with Crippen molar-refractivity contribution in [3.63, 3.8) is 0 Å². The Morgan fingerprint density at radius 1 is 0.882 bits per heavy atom. The molecule has 194 valence electrons. The smallest absolute Gasteiger partial charge is 0.421 e. The summed E-state index contributed by atoms with van der Waals surface area (Å²) < 4.78 is 4.36. The van der Waals surface area contributed by atoms with Crippen molar-refractivity contribution in [2.75, 3.05) is 49.1 Å². The fourth-order valence-corrected chi connectivity index (χ4v) is 4.11. The molecule has 0 radical (unpaired) electrons. The highest BCUT2D eigenvalue weighted by Crippen LogP contribution is 2.36. The molecule has 0 amide bonds. The van der Waals surface area contributed by atoms with Gasteiger partial charge in [0, 0.05) is 31.3 Å². The minimum Gasteiger partial charge on any atom is -1.00 e. The number of likely N-dealkylation sites (N-methyl/N-ethyl adjacent to an activating group) is 2. The largest absolute Gasteiger partial charge is 1.00 e. The van der Waals surface area contributed by atoms with Crippen LogP contribution >= 0.6 is 0 Å². The third-order valence-corrected chi connectivity index (χ3v) is 5.95. The first kappa shape index (κ1) is 32.6. The lowest BCUT2D eigenvalue weighted by molar-refractivity contribution is -0.684. The zero-order valence-corrected chi connectivity index (χ0v) is 23.4. The molecule has 0 fully saturated rings. The molecule has 0 bridgehead atoms. The highest BCUT2D eigenvalue weighted by molar-refractivity contribution is 5.76. The van der Waals surface area contributed by atoms with E-state index in [0.717, 1.165) is 76.6 Å². The van der Waals surface area contributed by atoms with Gasteiger partial charge in [-0.05, 0) is 70.8 Å². The van der Waals surface area contributed by atoms with Crippen LogP contribution in [0.2, 0.25) is 0 Å². The van der Waals surface area contributed by atoms with Gasteiger partial charge in [-0.15, -0.1) is 0 Å². The van der Waals surface area contributed by atoms with Gasteiger partial charge < -0.3 is 63.1 Å². The molecule has 0 saturated carbocycles. The number of halogens is 3. The van der Waals surface area contributed by atoms with E-state index in [1.54, 1.807) is 0 Å². The van der Waals surface area contributed by atoms with Crippen molar-refractivity contribution >= 4 is 23.0 Å². The lowest BCUT2D eigenvalue weighted by atomic mass is 10.1. The molecule has 11 heteroatoms. The monoisotopic (exact) mass is 576 g/mol. The zero-order chi connectivity index (χ0) is 22.1. The molecular formula is C23H39BrCl2N8-2. The first-order valence-electron chi connectivity index (χ1n) is 11.8. The second-order valence-electron chi connectivity index (χ2n) is 8.01. The number of azo groups is 1. The summed E-state index contributed by atoms with van der Waals surface area (Å²) in [5, 5.41) is 9.33. The van der Waals surface area contributed by atoms with Gasteiger partial charge in [-0.2, -0.15) is 0 Å². The van der Waals surface area contributed by atoms with Crippen LogP contribution in [-0.2, 0) is 13.1 Å². The molecule has 1 aromatic carbocycles. The average molecular weight is 578 g/mol. The maximum atomic E-state index is 5.67. The molecule has 0 spiro atoms. The lowest BCUT2D eigenvalue weighted by Gasteiger charge is -2.38. The van der Waals surface area contributed by atoms with E-state index in [4.69, 9.17) is 11.5 Å².